The fourth-order valence-corrected chi connectivity index (χ4v) is 4.23. The Labute approximate surface area is 151 Å². The van der Waals surface area contributed by atoms with E-state index in [4.69, 9.17) is 0 Å². The highest BCUT2D eigenvalue weighted by molar-refractivity contribution is 5.84. The molecule has 0 radical (unpaired) electrons. The van der Waals surface area contributed by atoms with Crippen molar-refractivity contribution < 1.29 is 4.57 Å². The van der Waals surface area contributed by atoms with Gasteiger partial charge in [-0.2, -0.15) is 0 Å². The molecule has 0 fully saturated rings. The molecule has 0 bridgehead atoms. The van der Waals surface area contributed by atoms with Crippen molar-refractivity contribution >= 4 is 0 Å². The first kappa shape index (κ1) is 16.1. The highest BCUT2D eigenvalue weighted by atomic mass is 14.9. The Morgan fingerprint density at radius 1 is 0.880 bits per heavy atom. The van der Waals surface area contributed by atoms with Gasteiger partial charge in [0.05, 0.1) is 0 Å². The van der Waals surface area contributed by atoms with Gasteiger partial charge in [-0.25, -0.2) is 4.57 Å². The Hall–Kier alpha value is -2.41. The van der Waals surface area contributed by atoms with Crippen molar-refractivity contribution in [3.63, 3.8) is 0 Å². The van der Waals surface area contributed by atoms with E-state index in [1.807, 2.05) is 0 Å². The Kier molecular flexibility index (Phi) is 3.57. The minimum absolute atomic E-state index is 0.0509. The second kappa shape index (κ2) is 5.56. The lowest BCUT2D eigenvalue weighted by molar-refractivity contribution is -0.660. The number of pyridine rings is 1. The van der Waals surface area contributed by atoms with Gasteiger partial charge in [-0.15, -0.1) is 0 Å². The summed E-state index contributed by atoms with van der Waals surface area (Å²) in [5.41, 5.74) is 11.1. The molecule has 4 rings (SSSR count). The quantitative estimate of drug-likeness (QED) is 0.558. The van der Waals surface area contributed by atoms with Crippen LogP contribution in [0.1, 0.15) is 43.0 Å². The van der Waals surface area contributed by atoms with E-state index in [1.54, 1.807) is 0 Å². The average molecular weight is 328 g/mol. The summed E-state index contributed by atoms with van der Waals surface area (Å²) in [4.78, 5) is 0. The molecule has 0 spiro atoms. The van der Waals surface area contributed by atoms with Gasteiger partial charge in [0.15, 0.2) is 6.20 Å². The molecule has 0 saturated heterocycles. The minimum Gasteiger partial charge on any atom is -0.201 e. The fraction of sp³-hybridized carbons (Fsp3) is 0.292. The maximum Gasteiger partial charge on any atom is 0.212 e. The number of hydrogen-bond acceptors (Lipinski definition) is 0. The Morgan fingerprint density at radius 3 is 2.40 bits per heavy atom. The molecular weight excluding hydrogens is 302 g/mol. The van der Waals surface area contributed by atoms with Crippen LogP contribution in [0.5, 0.6) is 0 Å². The zero-order valence-corrected chi connectivity index (χ0v) is 15.9. The Morgan fingerprint density at radius 2 is 1.64 bits per heavy atom. The van der Waals surface area contributed by atoms with Gasteiger partial charge in [0.25, 0.3) is 0 Å². The van der Waals surface area contributed by atoms with Gasteiger partial charge in [-0.05, 0) is 52.8 Å². The lowest BCUT2D eigenvalue weighted by Gasteiger charge is -2.22. The molecule has 0 atom stereocenters. The molecule has 0 saturated carbocycles. The zero-order valence-electron chi connectivity index (χ0n) is 15.9. The molecule has 1 aliphatic rings. The van der Waals surface area contributed by atoms with Crippen LogP contribution >= 0.6 is 0 Å². The molecule has 1 aromatic heterocycles. The van der Waals surface area contributed by atoms with Crippen molar-refractivity contribution in [1.29, 1.82) is 0 Å². The monoisotopic (exact) mass is 328 g/mol. The fourth-order valence-electron chi connectivity index (χ4n) is 4.23. The van der Waals surface area contributed by atoms with Gasteiger partial charge in [0, 0.05) is 23.1 Å². The van der Waals surface area contributed by atoms with Crippen LogP contribution in [0.25, 0.3) is 22.4 Å². The topological polar surface area (TPSA) is 3.88 Å². The van der Waals surface area contributed by atoms with Gasteiger partial charge >= 0.3 is 0 Å². The van der Waals surface area contributed by atoms with Crippen molar-refractivity contribution in [2.24, 2.45) is 7.05 Å². The molecule has 0 amide bonds. The van der Waals surface area contributed by atoms with E-state index in [0.717, 1.165) is 6.42 Å². The number of rotatable bonds is 2. The summed E-state index contributed by atoms with van der Waals surface area (Å²) in [6.45, 7) is 9.15. The van der Waals surface area contributed by atoms with E-state index in [0.29, 0.717) is 0 Å². The van der Waals surface area contributed by atoms with E-state index in [2.05, 4.69) is 94.0 Å². The summed E-state index contributed by atoms with van der Waals surface area (Å²) in [6, 6.07) is 18.2. The van der Waals surface area contributed by atoms with Gasteiger partial charge in [0.1, 0.15) is 7.05 Å². The molecule has 1 nitrogen and oxygen atoms in total. The van der Waals surface area contributed by atoms with E-state index in [-0.39, 0.29) is 5.41 Å². The van der Waals surface area contributed by atoms with Crippen LogP contribution in [-0.2, 0) is 18.9 Å². The summed E-state index contributed by atoms with van der Waals surface area (Å²) in [7, 11) is 2.14. The molecule has 126 valence electrons. The minimum atomic E-state index is 0.0509. The third-order valence-corrected chi connectivity index (χ3v) is 5.83. The molecule has 2 aromatic carbocycles. The average Bonchev–Trinajstić information content (AvgIpc) is 2.83. The number of nitrogens with zero attached hydrogens (tertiary/aromatic N) is 1. The molecule has 0 N–H and O–H groups in total. The van der Waals surface area contributed by atoms with Crippen LogP contribution in [-0.4, -0.2) is 0 Å². The van der Waals surface area contributed by atoms with E-state index in [1.165, 1.54) is 44.6 Å². The first-order chi connectivity index (χ1) is 11.9. The molecule has 0 aliphatic heterocycles. The van der Waals surface area contributed by atoms with E-state index in [9.17, 15) is 0 Å². The smallest absolute Gasteiger partial charge is 0.201 e. The number of aryl methyl sites for hydroxylation is 3. The van der Waals surface area contributed by atoms with Crippen LogP contribution in [0.15, 0.2) is 54.7 Å². The predicted molar refractivity (Wildman–Crippen MR) is 105 cm³/mol. The summed E-state index contributed by atoms with van der Waals surface area (Å²) in [6.07, 6.45) is 3.25. The third kappa shape index (κ3) is 2.33. The van der Waals surface area contributed by atoms with Crippen molar-refractivity contribution in [3.05, 3.63) is 77.0 Å². The first-order valence-corrected chi connectivity index (χ1v) is 9.17. The van der Waals surface area contributed by atoms with E-state index < -0.39 is 0 Å². The zero-order chi connectivity index (χ0) is 17.8. The molecule has 1 aliphatic carbocycles. The van der Waals surface area contributed by atoms with E-state index >= 15 is 0 Å². The highest BCUT2D eigenvalue weighted by Crippen LogP contribution is 2.50. The maximum absolute atomic E-state index is 2.43. The van der Waals surface area contributed by atoms with Crippen molar-refractivity contribution in [1.82, 2.24) is 0 Å². The number of hydrogen-bond donors (Lipinski definition) is 0. The Balaban J connectivity index is 1.97. The van der Waals surface area contributed by atoms with Crippen molar-refractivity contribution in [2.75, 3.05) is 0 Å². The second-order valence-corrected chi connectivity index (χ2v) is 7.77. The summed E-state index contributed by atoms with van der Waals surface area (Å²) >= 11 is 0. The lowest BCUT2D eigenvalue weighted by Crippen LogP contribution is -2.31. The van der Waals surface area contributed by atoms with Gasteiger partial charge in [-0.3, -0.25) is 0 Å². The summed E-state index contributed by atoms with van der Waals surface area (Å²) < 4.78 is 2.24. The van der Waals surface area contributed by atoms with Crippen LogP contribution in [0.4, 0.5) is 0 Å². The van der Waals surface area contributed by atoms with Crippen molar-refractivity contribution in [2.45, 2.75) is 39.5 Å². The van der Waals surface area contributed by atoms with Gasteiger partial charge in [-0.1, -0.05) is 51.1 Å². The lowest BCUT2D eigenvalue weighted by atomic mass is 9.81. The third-order valence-electron chi connectivity index (χ3n) is 5.83. The molecule has 0 unspecified atom stereocenters. The molecule has 3 aromatic rings. The van der Waals surface area contributed by atoms with Crippen LogP contribution in [0, 0.1) is 6.92 Å². The number of aromatic nitrogens is 1. The standard InChI is InChI=1S/C24H26N/c1-6-17-11-12-25(5)23(14-17)19-15-22-20(13-16(19)2)18-9-7-8-10-21(18)24(22,3)4/h7-15H,6H2,1-5H3/q+1. The molecular formula is C24H26N+. The first-order valence-electron chi connectivity index (χ1n) is 9.17. The number of fused-ring (bicyclic) bond motifs is 3. The van der Waals surface area contributed by atoms with Crippen LogP contribution < -0.4 is 4.57 Å². The largest absolute Gasteiger partial charge is 0.212 e. The SMILES string of the molecule is CCc1cc[n+](C)c(-c2cc3c(cc2C)-c2ccccc2C3(C)C)c1. The summed E-state index contributed by atoms with van der Waals surface area (Å²) in [5.74, 6) is 0. The van der Waals surface area contributed by atoms with Crippen LogP contribution in [0.2, 0.25) is 0 Å². The highest BCUT2D eigenvalue weighted by Gasteiger charge is 2.36. The normalized spacial score (nSPS) is 14.3. The molecule has 1 heteroatoms. The molecule has 25 heavy (non-hydrogen) atoms. The molecule has 1 heterocycles. The van der Waals surface area contributed by atoms with Gasteiger partial charge in [0.2, 0.25) is 5.69 Å². The number of benzene rings is 2. The predicted octanol–water partition coefficient (Wildman–Crippen LogP) is 5.36. The second-order valence-electron chi connectivity index (χ2n) is 7.77. The van der Waals surface area contributed by atoms with Crippen LogP contribution in [0.3, 0.4) is 0 Å². The Bertz CT molecular complexity index is 979. The van der Waals surface area contributed by atoms with Gasteiger partial charge < -0.3 is 0 Å². The maximum atomic E-state index is 2.43. The van der Waals surface area contributed by atoms with Crippen molar-refractivity contribution in [3.8, 4) is 22.4 Å². The summed E-state index contributed by atoms with van der Waals surface area (Å²) in [5, 5.41) is 0.